The summed E-state index contributed by atoms with van der Waals surface area (Å²) in [5, 5.41) is 28.8. The molecule has 0 bridgehead atoms. The summed E-state index contributed by atoms with van der Waals surface area (Å²) in [5.74, 6) is -2.69. The molecule has 0 saturated heterocycles. The van der Waals surface area contributed by atoms with E-state index in [9.17, 15) is 28.0 Å². The minimum Gasteiger partial charge on any atom is -0.352 e. The molecule has 0 aliphatic heterocycles. The van der Waals surface area contributed by atoms with E-state index in [1.165, 1.54) is 24.3 Å². The third kappa shape index (κ3) is 7.58. The fraction of sp³-hybridized carbons (Fsp3) is 0.222. The number of rotatable bonds is 10. The van der Waals surface area contributed by atoms with E-state index in [1.54, 1.807) is 38.2 Å². The Kier molecular flexibility index (Phi) is 10.2. The van der Waals surface area contributed by atoms with Crippen LogP contribution in [0.15, 0.2) is 60.2 Å². The van der Waals surface area contributed by atoms with E-state index in [0.717, 1.165) is 4.68 Å². The monoisotopic (exact) mass is 599 g/mol. The smallest absolute Gasteiger partial charge is 0.352 e. The van der Waals surface area contributed by atoms with Gasteiger partial charge in [0.25, 0.3) is 17.6 Å². The maximum absolute atomic E-state index is 13.6. The third-order valence-electron chi connectivity index (χ3n) is 5.48. The molecular weight excluding hydrogens is 575 g/mol. The van der Waals surface area contributed by atoms with Crippen molar-refractivity contribution in [3.63, 3.8) is 0 Å². The number of aromatic nitrogens is 6. The molecule has 0 fully saturated rings. The number of nitrogens with one attached hydrogen (secondary N) is 2. The Morgan fingerprint density at radius 1 is 1.17 bits per heavy atom. The zero-order chi connectivity index (χ0) is 31.0. The van der Waals surface area contributed by atoms with Crippen molar-refractivity contribution >= 4 is 34.8 Å². The average molecular weight is 600 g/mol. The Balaban J connectivity index is 2.06. The zero-order valence-corrected chi connectivity index (χ0v) is 23.5. The minimum atomic E-state index is -4.80. The summed E-state index contributed by atoms with van der Waals surface area (Å²) in [6, 6.07) is 6.12. The summed E-state index contributed by atoms with van der Waals surface area (Å²) in [5.41, 5.74) is 0.906. The van der Waals surface area contributed by atoms with Crippen LogP contribution in [0.2, 0.25) is 0 Å². The Bertz CT molecular complexity index is 1640. The highest BCUT2D eigenvalue weighted by Crippen LogP contribution is 2.27. The van der Waals surface area contributed by atoms with Gasteiger partial charge in [0, 0.05) is 6.54 Å². The van der Waals surface area contributed by atoms with Gasteiger partial charge in [-0.2, -0.15) is 28.3 Å². The first kappa shape index (κ1) is 31.5. The molecule has 2 heterocycles. The number of benzene rings is 1. The molecule has 0 aliphatic carbocycles. The number of halogens is 4. The van der Waals surface area contributed by atoms with Crippen molar-refractivity contribution in [3.8, 4) is 6.07 Å². The molecular formula is C27H25ClF3N9O2. The van der Waals surface area contributed by atoms with Gasteiger partial charge in [-0.25, -0.2) is 4.68 Å². The van der Waals surface area contributed by atoms with Crippen LogP contribution in [-0.4, -0.2) is 48.3 Å². The van der Waals surface area contributed by atoms with Gasteiger partial charge in [0.2, 0.25) is 0 Å². The van der Waals surface area contributed by atoms with Crippen LogP contribution in [0.1, 0.15) is 57.3 Å². The predicted molar refractivity (Wildman–Crippen MR) is 149 cm³/mol. The maximum atomic E-state index is 13.6. The molecule has 2 N–H and O–H groups in total. The van der Waals surface area contributed by atoms with E-state index in [1.807, 2.05) is 13.0 Å². The first-order valence-electron chi connectivity index (χ1n) is 12.3. The van der Waals surface area contributed by atoms with Crippen LogP contribution in [0, 0.1) is 18.3 Å². The van der Waals surface area contributed by atoms with Crippen LogP contribution >= 0.6 is 11.6 Å². The highest BCUT2D eigenvalue weighted by Gasteiger charge is 2.37. The standard InChI is InChI=1S/C27H25ClF3N9O2/c1-5-7-8-9-10-21(28)17(4)40-22(13-19(36-40)15-39-37-26(35-38-39)27(29,30)31)25(42)34-23-16(3)11-18(14-32)12-20(23)24(41)33-6-2/h5,7-13H,4,6,15H2,1-3H3,(H,33,41)(H,34,42). The van der Waals surface area contributed by atoms with E-state index in [-0.39, 0.29) is 45.5 Å². The van der Waals surface area contributed by atoms with Crippen LogP contribution in [0.4, 0.5) is 18.9 Å². The van der Waals surface area contributed by atoms with Crippen molar-refractivity contribution in [2.45, 2.75) is 33.5 Å². The Labute approximate surface area is 243 Å². The molecule has 2 aromatic heterocycles. The molecule has 3 rings (SSSR count). The molecule has 42 heavy (non-hydrogen) atoms. The molecule has 0 unspecified atom stereocenters. The van der Waals surface area contributed by atoms with Gasteiger partial charge >= 0.3 is 6.18 Å². The number of aryl methyl sites for hydroxylation is 1. The largest absolute Gasteiger partial charge is 0.455 e. The van der Waals surface area contributed by atoms with Gasteiger partial charge in [-0.05, 0) is 55.8 Å². The number of nitrogens with zero attached hydrogens (tertiary/aromatic N) is 7. The highest BCUT2D eigenvalue weighted by molar-refractivity contribution is 6.35. The number of anilines is 1. The number of nitriles is 1. The lowest BCUT2D eigenvalue weighted by Gasteiger charge is -2.15. The molecule has 218 valence electrons. The second-order valence-corrected chi connectivity index (χ2v) is 8.99. The second kappa shape index (κ2) is 13.6. The highest BCUT2D eigenvalue weighted by atomic mass is 35.5. The number of carbonyl (C=O) groups excluding carboxylic acids is 2. The number of tetrazole rings is 1. The molecule has 15 heteroatoms. The van der Waals surface area contributed by atoms with E-state index in [2.05, 4.69) is 37.7 Å². The van der Waals surface area contributed by atoms with Gasteiger partial charge < -0.3 is 10.6 Å². The van der Waals surface area contributed by atoms with Crippen molar-refractivity contribution in [3.05, 3.63) is 94.1 Å². The molecule has 0 spiro atoms. The fourth-order valence-electron chi connectivity index (χ4n) is 3.59. The number of alkyl halides is 3. The molecule has 0 aliphatic rings. The first-order valence-corrected chi connectivity index (χ1v) is 12.7. The van der Waals surface area contributed by atoms with E-state index < -0.39 is 23.8 Å². The van der Waals surface area contributed by atoms with Gasteiger partial charge in [0.15, 0.2) is 0 Å². The van der Waals surface area contributed by atoms with Crippen LogP contribution in [-0.2, 0) is 12.7 Å². The van der Waals surface area contributed by atoms with Crippen molar-refractivity contribution in [1.29, 1.82) is 5.26 Å². The van der Waals surface area contributed by atoms with Gasteiger partial charge in [-0.3, -0.25) is 9.59 Å². The maximum Gasteiger partial charge on any atom is 0.455 e. The van der Waals surface area contributed by atoms with Crippen molar-refractivity contribution in [1.82, 2.24) is 35.3 Å². The number of allylic oxidation sites excluding steroid dienone is 7. The Hall–Kier alpha value is -5.03. The zero-order valence-electron chi connectivity index (χ0n) is 22.7. The lowest BCUT2D eigenvalue weighted by molar-refractivity contribution is -0.145. The van der Waals surface area contributed by atoms with Gasteiger partial charge in [-0.1, -0.05) is 42.5 Å². The summed E-state index contributed by atoms with van der Waals surface area (Å²) in [6.07, 6.45) is 3.63. The van der Waals surface area contributed by atoms with Crippen molar-refractivity contribution < 1.29 is 22.8 Å². The minimum absolute atomic E-state index is 0.0606. The van der Waals surface area contributed by atoms with Gasteiger partial charge in [-0.15, -0.1) is 10.2 Å². The lowest BCUT2D eigenvalue weighted by atomic mass is 10.0. The lowest BCUT2D eigenvalue weighted by Crippen LogP contribution is -2.26. The molecule has 0 atom stereocenters. The van der Waals surface area contributed by atoms with E-state index in [4.69, 9.17) is 11.6 Å². The van der Waals surface area contributed by atoms with Crippen molar-refractivity contribution in [2.75, 3.05) is 11.9 Å². The molecule has 2 amide bonds. The summed E-state index contributed by atoms with van der Waals surface area (Å²) in [7, 11) is 0. The first-order chi connectivity index (χ1) is 19.9. The average Bonchev–Trinajstić information content (AvgIpc) is 3.59. The van der Waals surface area contributed by atoms with Crippen molar-refractivity contribution in [2.24, 2.45) is 0 Å². The van der Waals surface area contributed by atoms with Crippen LogP contribution in [0.25, 0.3) is 5.70 Å². The Morgan fingerprint density at radius 3 is 2.52 bits per heavy atom. The topological polar surface area (TPSA) is 143 Å². The van der Waals surface area contributed by atoms with Crippen LogP contribution in [0.3, 0.4) is 0 Å². The number of hydrogen-bond acceptors (Lipinski definition) is 7. The molecule has 0 radical (unpaired) electrons. The van der Waals surface area contributed by atoms with Crippen LogP contribution in [0.5, 0.6) is 0 Å². The van der Waals surface area contributed by atoms with Crippen LogP contribution < -0.4 is 10.6 Å². The van der Waals surface area contributed by atoms with E-state index >= 15 is 0 Å². The third-order valence-corrected chi connectivity index (χ3v) is 5.82. The fourth-order valence-corrected chi connectivity index (χ4v) is 3.74. The molecule has 0 saturated carbocycles. The number of amides is 2. The molecule has 3 aromatic rings. The summed E-state index contributed by atoms with van der Waals surface area (Å²) >= 11 is 6.41. The summed E-state index contributed by atoms with van der Waals surface area (Å²) in [4.78, 5) is 27.0. The quantitative estimate of drug-likeness (QED) is 0.317. The second-order valence-electron chi connectivity index (χ2n) is 8.59. The van der Waals surface area contributed by atoms with Gasteiger partial charge in [0.1, 0.15) is 12.2 Å². The number of carbonyl (C=O) groups is 2. The Morgan fingerprint density at radius 2 is 1.90 bits per heavy atom. The number of hydrogen-bond donors (Lipinski definition) is 2. The molecule has 1 aromatic carbocycles. The summed E-state index contributed by atoms with van der Waals surface area (Å²) < 4.78 is 39.9. The van der Waals surface area contributed by atoms with Gasteiger partial charge in [0.05, 0.1) is 39.3 Å². The summed E-state index contributed by atoms with van der Waals surface area (Å²) in [6.45, 7) is 9.01. The normalized spacial score (nSPS) is 12.1. The molecule has 11 nitrogen and oxygen atoms in total. The van der Waals surface area contributed by atoms with E-state index in [0.29, 0.717) is 16.9 Å². The SMILES string of the molecule is C=C(C(Cl)=CC=CC=CC)n1nc(Cn2nnc(C(F)(F)F)n2)cc1C(=O)Nc1c(C)cc(C#N)cc1C(=O)NCC. The predicted octanol–water partition coefficient (Wildman–Crippen LogP) is 4.84.